The molecule has 0 bridgehead atoms. The van der Waals surface area contributed by atoms with Gasteiger partial charge >= 0.3 is 6.03 Å². The standard InChI is InChI=1S/C23H26N4O5S/c1-23(2,3)19-14-18(27-11-9-20(28)25-22(27)29)12-15(21(19)32-4)6-7-16-13-17(8-10-24-16)26-33(5,30)31/h8,10,12-14H,9,11H2,1-5H3,(H,24,26)(H,25,28,29). The van der Waals surface area contributed by atoms with Crippen molar-refractivity contribution in [1.82, 2.24) is 10.3 Å². The lowest BCUT2D eigenvalue weighted by molar-refractivity contribution is -0.120. The molecule has 1 aromatic carbocycles. The summed E-state index contributed by atoms with van der Waals surface area (Å²) in [6.45, 7) is 6.32. The van der Waals surface area contributed by atoms with E-state index in [2.05, 4.69) is 26.9 Å². The molecule has 9 nitrogen and oxygen atoms in total. The number of nitrogens with one attached hydrogen (secondary N) is 2. The van der Waals surface area contributed by atoms with Gasteiger partial charge in [-0.25, -0.2) is 18.2 Å². The Balaban J connectivity index is 2.09. The first-order valence-electron chi connectivity index (χ1n) is 10.2. The van der Waals surface area contributed by atoms with Crippen molar-refractivity contribution in [2.75, 3.05) is 29.5 Å². The molecule has 2 aromatic rings. The smallest absolute Gasteiger partial charge is 0.328 e. The number of carbonyl (C=O) groups excluding carboxylic acids is 2. The topological polar surface area (TPSA) is 118 Å². The summed E-state index contributed by atoms with van der Waals surface area (Å²) in [5.41, 5.74) is 2.36. The normalized spacial score (nSPS) is 14.3. The molecular weight excluding hydrogens is 444 g/mol. The van der Waals surface area contributed by atoms with Crippen molar-refractivity contribution in [1.29, 1.82) is 0 Å². The molecule has 0 saturated carbocycles. The second-order valence-electron chi connectivity index (χ2n) is 8.63. The second-order valence-corrected chi connectivity index (χ2v) is 10.4. The molecule has 2 heterocycles. The van der Waals surface area contributed by atoms with Crippen molar-refractivity contribution in [3.63, 3.8) is 0 Å². The lowest BCUT2D eigenvalue weighted by Gasteiger charge is -2.30. The number of aromatic nitrogens is 1. The van der Waals surface area contributed by atoms with Crippen LogP contribution in [0.25, 0.3) is 0 Å². The summed E-state index contributed by atoms with van der Waals surface area (Å²) < 4.78 is 31.1. The lowest BCUT2D eigenvalue weighted by Crippen LogP contribution is -2.49. The molecule has 3 rings (SSSR count). The van der Waals surface area contributed by atoms with E-state index in [1.807, 2.05) is 26.8 Å². The van der Waals surface area contributed by atoms with E-state index in [-0.39, 0.29) is 24.3 Å². The maximum absolute atomic E-state index is 12.4. The Morgan fingerprint density at radius 1 is 1.18 bits per heavy atom. The number of nitrogens with zero attached hydrogens (tertiary/aromatic N) is 2. The van der Waals surface area contributed by atoms with E-state index in [1.54, 1.807) is 13.2 Å². The number of amides is 3. The van der Waals surface area contributed by atoms with Gasteiger partial charge in [-0.3, -0.25) is 19.7 Å². The third-order valence-electron chi connectivity index (χ3n) is 4.84. The molecule has 0 unspecified atom stereocenters. The van der Waals surface area contributed by atoms with Crippen LogP contribution in [0.3, 0.4) is 0 Å². The summed E-state index contributed by atoms with van der Waals surface area (Å²) in [7, 11) is -1.88. The first kappa shape index (κ1) is 24.1. The highest BCUT2D eigenvalue weighted by Gasteiger charge is 2.28. The number of imide groups is 1. The van der Waals surface area contributed by atoms with Crippen LogP contribution in [0.4, 0.5) is 16.2 Å². The molecule has 0 aliphatic carbocycles. The highest BCUT2D eigenvalue weighted by molar-refractivity contribution is 7.92. The van der Waals surface area contributed by atoms with Gasteiger partial charge in [0.2, 0.25) is 15.9 Å². The van der Waals surface area contributed by atoms with Crippen LogP contribution in [0.1, 0.15) is 44.0 Å². The Morgan fingerprint density at radius 2 is 1.91 bits per heavy atom. The largest absolute Gasteiger partial charge is 0.495 e. The molecule has 1 fully saturated rings. The fourth-order valence-electron chi connectivity index (χ4n) is 3.36. The van der Waals surface area contributed by atoms with E-state index in [0.29, 0.717) is 28.4 Å². The lowest BCUT2D eigenvalue weighted by atomic mass is 9.84. The number of urea groups is 1. The van der Waals surface area contributed by atoms with E-state index >= 15 is 0 Å². The third-order valence-corrected chi connectivity index (χ3v) is 5.45. The van der Waals surface area contributed by atoms with Crippen molar-refractivity contribution >= 4 is 33.3 Å². The van der Waals surface area contributed by atoms with Crippen LogP contribution in [0, 0.1) is 11.8 Å². The van der Waals surface area contributed by atoms with Crippen molar-refractivity contribution in [2.45, 2.75) is 32.6 Å². The van der Waals surface area contributed by atoms with E-state index in [0.717, 1.165) is 11.8 Å². The second kappa shape index (κ2) is 9.11. The molecule has 3 amide bonds. The molecule has 10 heteroatoms. The minimum Gasteiger partial charge on any atom is -0.495 e. The molecule has 0 radical (unpaired) electrons. The highest BCUT2D eigenvalue weighted by atomic mass is 32.2. The summed E-state index contributed by atoms with van der Waals surface area (Å²) >= 11 is 0. The van der Waals surface area contributed by atoms with Gasteiger partial charge in [0.05, 0.1) is 24.6 Å². The maximum Gasteiger partial charge on any atom is 0.328 e. The van der Waals surface area contributed by atoms with Crippen molar-refractivity contribution in [3.05, 3.63) is 47.3 Å². The van der Waals surface area contributed by atoms with Crippen LogP contribution in [0.2, 0.25) is 0 Å². The van der Waals surface area contributed by atoms with Crippen LogP contribution >= 0.6 is 0 Å². The zero-order chi connectivity index (χ0) is 24.4. The van der Waals surface area contributed by atoms with Gasteiger partial charge in [0, 0.05) is 30.4 Å². The number of benzene rings is 1. The van der Waals surface area contributed by atoms with Crippen LogP contribution in [-0.2, 0) is 20.2 Å². The number of ether oxygens (including phenoxy) is 1. The van der Waals surface area contributed by atoms with Gasteiger partial charge in [-0.2, -0.15) is 0 Å². The van der Waals surface area contributed by atoms with Crippen LogP contribution < -0.4 is 19.7 Å². The predicted octanol–water partition coefficient (Wildman–Crippen LogP) is 2.61. The minimum absolute atomic E-state index is 0.202. The Hall–Kier alpha value is -3.58. The molecule has 33 heavy (non-hydrogen) atoms. The van der Waals surface area contributed by atoms with Gasteiger partial charge in [-0.05, 0) is 35.6 Å². The van der Waals surface area contributed by atoms with E-state index in [1.165, 1.54) is 23.2 Å². The fourth-order valence-corrected chi connectivity index (χ4v) is 3.91. The molecule has 0 atom stereocenters. The van der Waals surface area contributed by atoms with Crippen molar-refractivity contribution in [3.8, 4) is 17.6 Å². The summed E-state index contributed by atoms with van der Waals surface area (Å²) in [5.74, 6) is 6.24. The van der Waals surface area contributed by atoms with Crippen LogP contribution in [0.5, 0.6) is 5.75 Å². The molecule has 1 aromatic heterocycles. The average molecular weight is 471 g/mol. The Bertz CT molecular complexity index is 1270. The van der Waals surface area contributed by atoms with Crippen molar-refractivity contribution in [2.24, 2.45) is 0 Å². The van der Waals surface area contributed by atoms with Gasteiger partial charge in [-0.1, -0.05) is 26.7 Å². The number of carbonyl (C=O) groups is 2. The number of anilines is 2. The zero-order valence-electron chi connectivity index (χ0n) is 19.1. The monoisotopic (exact) mass is 470 g/mol. The summed E-state index contributed by atoms with van der Waals surface area (Å²) in [6, 6.07) is 6.17. The number of methoxy groups -OCH3 is 1. The van der Waals surface area contributed by atoms with Crippen LogP contribution in [0.15, 0.2) is 30.5 Å². The van der Waals surface area contributed by atoms with Gasteiger partial charge in [0.25, 0.3) is 0 Å². The SMILES string of the molecule is COc1c(C#Cc2cc(NS(C)(=O)=O)ccn2)cc(N2CCC(=O)NC2=O)cc1C(C)(C)C. The number of hydrogen-bond acceptors (Lipinski definition) is 6. The van der Waals surface area contributed by atoms with Gasteiger partial charge in [-0.15, -0.1) is 0 Å². The molecule has 1 aliphatic heterocycles. The first-order valence-corrected chi connectivity index (χ1v) is 12.1. The number of sulfonamides is 1. The molecule has 0 spiro atoms. The molecule has 1 aliphatic rings. The maximum atomic E-state index is 12.4. The summed E-state index contributed by atoms with van der Waals surface area (Å²) in [6.07, 6.45) is 2.72. The predicted molar refractivity (Wildman–Crippen MR) is 126 cm³/mol. The average Bonchev–Trinajstić information content (AvgIpc) is 2.70. The van der Waals surface area contributed by atoms with E-state index < -0.39 is 16.1 Å². The molecular formula is C23H26N4O5S. The first-order chi connectivity index (χ1) is 15.4. The number of rotatable bonds is 4. The molecule has 1 saturated heterocycles. The van der Waals surface area contributed by atoms with Crippen LogP contribution in [-0.4, -0.2) is 45.3 Å². The third kappa shape index (κ3) is 6.02. The quantitative estimate of drug-likeness (QED) is 0.664. The Labute approximate surface area is 193 Å². The molecule has 2 N–H and O–H groups in total. The van der Waals surface area contributed by atoms with E-state index in [9.17, 15) is 18.0 Å². The van der Waals surface area contributed by atoms with E-state index in [4.69, 9.17) is 4.74 Å². The summed E-state index contributed by atoms with van der Waals surface area (Å²) in [4.78, 5) is 29.7. The Morgan fingerprint density at radius 3 is 2.52 bits per heavy atom. The number of hydrogen-bond donors (Lipinski definition) is 2. The van der Waals surface area contributed by atoms with Gasteiger partial charge < -0.3 is 4.74 Å². The molecule has 174 valence electrons. The minimum atomic E-state index is -3.43. The Kier molecular flexibility index (Phi) is 6.65. The highest BCUT2D eigenvalue weighted by Crippen LogP contribution is 2.38. The fraction of sp³-hybridized carbons (Fsp3) is 0.348. The number of pyridine rings is 1. The van der Waals surface area contributed by atoms with Gasteiger partial charge in [0.1, 0.15) is 11.4 Å². The van der Waals surface area contributed by atoms with Gasteiger partial charge in [0.15, 0.2) is 0 Å². The zero-order valence-corrected chi connectivity index (χ0v) is 20.0. The summed E-state index contributed by atoms with van der Waals surface area (Å²) in [5, 5.41) is 2.33. The van der Waals surface area contributed by atoms with Crippen molar-refractivity contribution < 1.29 is 22.7 Å².